The fourth-order valence-electron chi connectivity index (χ4n) is 3.54. The number of amides is 1. The zero-order valence-electron chi connectivity index (χ0n) is 17.6. The number of ketones is 1. The van der Waals surface area contributed by atoms with E-state index in [1.807, 2.05) is 6.92 Å². The van der Waals surface area contributed by atoms with E-state index < -0.39 is 17.7 Å². The van der Waals surface area contributed by atoms with E-state index in [9.17, 15) is 14.7 Å². The minimum absolute atomic E-state index is 0.00496. The van der Waals surface area contributed by atoms with Gasteiger partial charge in [-0.15, -0.1) is 0 Å². The van der Waals surface area contributed by atoms with Crippen LogP contribution in [-0.4, -0.2) is 55.7 Å². The molecule has 0 spiro atoms. The van der Waals surface area contributed by atoms with E-state index in [4.69, 9.17) is 25.8 Å². The van der Waals surface area contributed by atoms with Crippen molar-refractivity contribution in [3.05, 3.63) is 64.2 Å². The second-order valence-corrected chi connectivity index (χ2v) is 7.27. The lowest BCUT2D eigenvalue weighted by molar-refractivity contribution is -0.140. The van der Waals surface area contributed by atoms with Gasteiger partial charge in [0.1, 0.15) is 5.76 Å². The minimum Gasteiger partial charge on any atom is -0.507 e. The third-order valence-electron chi connectivity index (χ3n) is 5.00. The molecule has 1 aliphatic heterocycles. The maximum Gasteiger partial charge on any atom is 0.295 e. The van der Waals surface area contributed by atoms with Gasteiger partial charge in [0, 0.05) is 24.2 Å². The van der Waals surface area contributed by atoms with Crippen molar-refractivity contribution in [2.75, 3.05) is 34.0 Å². The van der Waals surface area contributed by atoms with Crippen LogP contribution in [0.1, 0.15) is 24.1 Å². The summed E-state index contributed by atoms with van der Waals surface area (Å²) in [7, 11) is 3.02. The first kappa shape index (κ1) is 22.7. The third kappa shape index (κ3) is 4.52. The number of aliphatic hydroxyl groups is 1. The molecule has 1 amide bonds. The van der Waals surface area contributed by atoms with Gasteiger partial charge in [0.15, 0.2) is 11.5 Å². The van der Waals surface area contributed by atoms with E-state index in [0.717, 1.165) is 0 Å². The summed E-state index contributed by atoms with van der Waals surface area (Å²) in [4.78, 5) is 27.1. The number of rotatable bonds is 8. The summed E-state index contributed by atoms with van der Waals surface area (Å²) in [6, 6.07) is 10.8. The number of ether oxygens (including phenoxy) is 3. The topological polar surface area (TPSA) is 85.3 Å². The van der Waals surface area contributed by atoms with Gasteiger partial charge < -0.3 is 24.2 Å². The number of carbonyl (C=O) groups excluding carboxylic acids is 2. The molecule has 164 valence electrons. The van der Waals surface area contributed by atoms with Gasteiger partial charge in [-0.1, -0.05) is 17.7 Å². The van der Waals surface area contributed by atoms with Crippen LogP contribution in [0.15, 0.2) is 48.0 Å². The molecule has 0 aliphatic carbocycles. The van der Waals surface area contributed by atoms with E-state index in [2.05, 4.69) is 0 Å². The van der Waals surface area contributed by atoms with Crippen molar-refractivity contribution in [3.63, 3.8) is 0 Å². The van der Waals surface area contributed by atoms with Gasteiger partial charge in [0.05, 0.1) is 31.9 Å². The van der Waals surface area contributed by atoms with Crippen molar-refractivity contribution in [2.24, 2.45) is 0 Å². The molecule has 1 heterocycles. The Morgan fingerprint density at radius 1 is 1.10 bits per heavy atom. The third-order valence-corrected chi connectivity index (χ3v) is 5.25. The van der Waals surface area contributed by atoms with Crippen molar-refractivity contribution in [2.45, 2.75) is 13.0 Å². The van der Waals surface area contributed by atoms with Crippen molar-refractivity contribution in [1.29, 1.82) is 0 Å². The molecule has 7 nitrogen and oxygen atoms in total. The SMILES string of the molecule is CCOc1ccc([C@H]2C(=C(O)c3ccc(Cl)cc3)C(=O)C(=O)N2CCOC)cc1OC. The molecule has 31 heavy (non-hydrogen) atoms. The molecule has 1 N–H and O–H groups in total. The fourth-order valence-corrected chi connectivity index (χ4v) is 3.67. The number of nitrogens with zero attached hydrogens (tertiary/aromatic N) is 1. The quantitative estimate of drug-likeness (QED) is 0.378. The van der Waals surface area contributed by atoms with Crippen molar-refractivity contribution in [1.82, 2.24) is 4.90 Å². The van der Waals surface area contributed by atoms with Crippen LogP contribution >= 0.6 is 11.6 Å². The Kier molecular flexibility index (Phi) is 7.20. The lowest BCUT2D eigenvalue weighted by Gasteiger charge is -2.25. The van der Waals surface area contributed by atoms with Crippen LogP contribution in [0.4, 0.5) is 0 Å². The first-order valence-corrected chi connectivity index (χ1v) is 10.1. The molecule has 8 heteroatoms. The Labute approximate surface area is 185 Å². The van der Waals surface area contributed by atoms with Gasteiger partial charge in [-0.3, -0.25) is 9.59 Å². The maximum atomic E-state index is 12.9. The Morgan fingerprint density at radius 2 is 1.81 bits per heavy atom. The summed E-state index contributed by atoms with van der Waals surface area (Å²) in [5, 5.41) is 11.5. The lowest BCUT2D eigenvalue weighted by Crippen LogP contribution is -2.32. The summed E-state index contributed by atoms with van der Waals surface area (Å²) in [5.74, 6) is -0.733. The van der Waals surface area contributed by atoms with E-state index in [-0.39, 0.29) is 24.5 Å². The van der Waals surface area contributed by atoms with Crippen LogP contribution < -0.4 is 9.47 Å². The van der Waals surface area contributed by atoms with Gasteiger partial charge in [-0.2, -0.15) is 0 Å². The molecule has 0 unspecified atom stereocenters. The monoisotopic (exact) mass is 445 g/mol. The van der Waals surface area contributed by atoms with Crippen LogP contribution in [0, 0.1) is 0 Å². The lowest BCUT2D eigenvalue weighted by atomic mass is 9.95. The predicted octanol–water partition coefficient (Wildman–Crippen LogP) is 3.82. The van der Waals surface area contributed by atoms with Crippen LogP contribution in [0.3, 0.4) is 0 Å². The molecule has 1 atom stereocenters. The molecule has 1 fully saturated rings. The maximum absolute atomic E-state index is 12.9. The molecule has 0 radical (unpaired) electrons. The summed E-state index contributed by atoms with van der Waals surface area (Å²) >= 11 is 5.94. The standard InChI is InChI=1S/C23H24ClNO6/c1-4-31-17-10-7-15(13-18(17)30-3)20-19(21(26)14-5-8-16(24)9-6-14)22(27)23(28)25(20)11-12-29-2/h5-10,13,20,26H,4,11-12H2,1-3H3/t20-/m0/s1. The first-order chi connectivity index (χ1) is 14.9. The second kappa shape index (κ2) is 9.85. The van der Waals surface area contributed by atoms with Gasteiger partial charge in [0.2, 0.25) is 0 Å². The predicted molar refractivity (Wildman–Crippen MR) is 117 cm³/mol. The van der Waals surface area contributed by atoms with E-state index in [1.165, 1.54) is 19.1 Å². The highest BCUT2D eigenvalue weighted by Gasteiger charge is 2.46. The number of hydrogen-bond acceptors (Lipinski definition) is 6. The number of methoxy groups -OCH3 is 2. The zero-order chi connectivity index (χ0) is 22.5. The number of aliphatic hydroxyl groups excluding tert-OH is 1. The number of halogens is 1. The largest absolute Gasteiger partial charge is 0.507 e. The molecule has 0 saturated carbocycles. The van der Waals surface area contributed by atoms with Crippen molar-refractivity contribution < 1.29 is 28.9 Å². The average molecular weight is 446 g/mol. The van der Waals surface area contributed by atoms with Crippen LogP contribution in [0.25, 0.3) is 5.76 Å². The number of hydrogen-bond donors (Lipinski definition) is 1. The fraction of sp³-hybridized carbons (Fsp3) is 0.304. The molecule has 3 rings (SSSR count). The molecule has 1 aliphatic rings. The van der Waals surface area contributed by atoms with E-state index >= 15 is 0 Å². The molecule has 2 aromatic carbocycles. The Bertz CT molecular complexity index is 1000. The van der Waals surface area contributed by atoms with Crippen LogP contribution in [0.5, 0.6) is 11.5 Å². The van der Waals surface area contributed by atoms with Gasteiger partial charge in [-0.25, -0.2) is 0 Å². The molecule has 1 saturated heterocycles. The van der Waals surface area contributed by atoms with Crippen molar-refractivity contribution >= 4 is 29.1 Å². The molecule has 2 aromatic rings. The van der Waals surface area contributed by atoms with Crippen LogP contribution in [-0.2, 0) is 14.3 Å². The molecule has 0 bridgehead atoms. The summed E-state index contributed by atoms with van der Waals surface area (Å²) in [6.45, 7) is 2.73. The van der Waals surface area contributed by atoms with Gasteiger partial charge in [0.25, 0.3) is 11.7 Å². The highest BCUT2D eigenvalue weighted by molar-refractivity contribution is 6.46. The minimum atomic E-state index is -0.810. The van der Waals surface area contributed by atoms with Crippen molar-refractivity contribution in [3.8, 4) is 11.5 Å². The van der Waals surface area contributed by atoms with Gasteiger partial charge >= 0.3 is 0 Å². The number of Topliss-reactive ketones (excluding diaryl/α,β-unsaturated/α-hetero) is 1. The first-order valence-electron chi connectivity index (χ1n) is 9.76. The van der Waals surface area contributed by atoms with E-state index in [0.29, 0.717) is 34.3 Å². The highest BCUT2D eigenvalue weighted by atomic mass is 35.5. The zero-order valence-corrected chi connectivity index (χ0v) is 18.3. The summed E-state index contributed by atoms with van der Waals surface area (Å²) in [5.41, 5.74) is 0.984. The Balaban J connectivity index is 2.17. The molecule has 0 aromatic heterocycles. The highest BCUT2D eigenvalue weighted by Crippen LogP contribution is 2.41. The smallest absolute Gasteiger partial charge is 0.295 e. The average Bonchev–Trinajstić information content (AvgIpc) is 3.03. The molecular weight excluding hydrogens is 422 g/mol. The van der Waals surface area contributed by atoms with Crippen LogP contribution in [0.2, 0.25) is 5.02 Å². The van der Waals surface area contributed by atoms with Gasteiger partial charge in [-0.05, 0) is 48.9 Å². The summed E-state index contributed by atoms with van der Waals surface area (Å²) < 4.78 is 16.1. The second-order valence-electron chi connectivity index (χ2n) is 6.84. The molecular formula is C23H24ClNO6. The number of benzene rings is 2. The number of likely N-dealkylation sites (tertiary alicyclic amines) is 1. The Morgan fingerprint density at radius 3 is 2.42 bits per heavy atom. The number of carbonyl (C=O) groups is 2. The normalized spacial score (nSPS) is 17.8. The Hall–Kier alpha value is -3.03. The van der Waals surface area contributed by atoms with E-state index in [1.54, 1.807) is 42.5 Å². The summed E-state index contributed by atoms with van der Waals surface area (Å²) in [6.07, 6.45) is 0.